The fourth-order valence-electron chi connectivity index (χ4n) is 3.24. The molecule has 0 unspecified atom stereocenters. The van der Waals surface area contributed by atoms with Gasteiger partial charge in [-0.1, -0.05) is 54.6 Å². The van der Waals surface area contributed by atoms with Gasteiger partial charge in [0.1, 0.15) is 18.2 Å². The fraction of sp³-hybridized carbons (Fsp3) is 0.0769. The maximum atomic E-state index is 12.9. The second-order valence-electron chi connectivity index (χ2n) is 7.09. The van der Waals surface area contributed by atoms with Crippen molar-refractivity contribution in [2.75, 3.05) is 0 Å². The summed E-state index contributed by atoms with van der Waals surface area (Å²) in [7, 11) is 0. The molecule has 0 fully saturated rings. The molecule has 5 heteroatoms. The van der Waals surface area contributed by atoms with Crippen molar-refractivity contribution in [3.63, 3.8) is 0 Å². The number of carbonyl (C=O) groups excluding carboxylic acids is 1. The van der Waals surface area contributed by atoms with Crippen LogP contribution in [0.4, 0.5) is 4.39 Å². The molecule has 4 aromatic rings. The number of hydrogen-bond acceptors (Lipinski definition) is 3. The number of halogens is 1. The van der Waals surface area contributed by atoms with Gasteiger partial charge < -0.3 is 4.74 Å². The van der Waals surface area contributed by atoms with Crippen LogP contribution in [-0.2, 0) is 17.8 Å². The molecule has 0 spiro atoms. The molecule has 154 valence electrons. The molecule has 0 aliphatic heterocycles. The van der Waals surface area contributed by atoms with Gasteiger partial charge in [0, 0.05) is 0 Å². The van der Waals surface area contributed by atoms with Crippen LogP contribution in [0.25, 0.3) is 10.8 Å². The molecule has 4 nitrogen and oxygen atoms in total. The number of hydrogen-bond donors (Lipinski definition) is 1. The molecule has 0 saturated carbocycles. The SMILES string of the molecule is O=C(Cc1cccc2ccccc12)N/N=C/c1ccc(OCc2ccc(F)cc2)cc1. The van der Waals surface area contributed by atoms with Crippen LogP contribution in [0.5, 0.6) is 5.75 Å². The van der Waals surface area contributed by atoms with Crippen molar-refractivity contribution in [2.24, 2.45) is 5.10 Å². The summed E-state index contributed by atoms with van der Waals surface area (Å²) in [6.07, 6.45) is 1.85. The van der Waals surface area contributed by atoms with Gasteiger partial charge in [0.2, 0.25) is 5.91 Å². The average molecular weight is 412 g/mol. The molecule has 0 atom stereocenters. The molecular weight excluding hydrogens is 391 g/mol. The predicted molar refractivity (Wildman–Crippen MR) is 121 cm³/mol. The van der Waals surface area contributed by atoms with E-state index in [1.807, 2.05) is 66.7 Å². The summed E-state index contributed by atoms with van der Waals surface area (Å²) in [5, 5.41) is 6.23. The summed E-state index contributed by atoms with van der Waals surface area (Å²) in [5.41, 5.74) is 5.27. The first-order valence-corrected chi connectivity index (χ1v) is 9.93. The lowest BCUT2D eigenvalue weighted by Crippen LogP contribution is -2.19. The van der Waals surface area contributed by atoms with Gasteiger partial charge >= 0.3 is 0 Å². The number of carbonyl (C=O) groups is 1. The number of hydrazone groups is 1. The average Bonchev–Trinajstić information content (AvgIpc) is 2.80. The zero-order chi connectivity index (χ0) is 21.5. The summed E-state index contributed by atoms with van der Waals surface area (Å²) in [4.78, 5) is 12.3. The number of benzene rings is 4. The monoisotopic (exact) mass is 412 g/mol. The van der Waals surface area contributed by atoms with Crippen molar-refractivity contribution in [1.82, 2.24) is 5.43 Å². The molecule has 0 aromatic heterocycles. The predicted octanol–water partition coefficient (Wildman–Crippen LogP) is 5.25. The number of fused-ring (bicyclic) bond motifs is 1. The van der Waals surface area contributed by atoms with Crippen LogP contribution in [0.3, 0.4) is 0 Å². The van der Waals surface area contributed by atoms with Crippen molar-refractivity contribution >= 4 is 22.9 Å². The van der Waals surface area contributed by atoms with Gasteiger partial charge in [0.15, 0.2) is 0 Å². The third-order valence-electron chi connectivity index (χ3n) is 4.83. The van der Waals surface area contributed by atoms with Crippen LogP contribution < -0.4 is 10.2 Å². The van der Waals surface area contributed by atoms with Crippen LogP contribution in [0, 0.1) is 5.82 Å². The van der Waals surface area contributed by atoms with Crippen molar-refractivity contribution < 1.29 is 13.9 Å². The maximum absolute atomic E-state index is 12.9. The number of amides is 1. The third kappa shape index (κ3) is 5.54. The number of rotatable bonds is 7. The van der Waals surface area contributed by atoms with E-state index in [-0.39, 0.29) is 18.1 Å². The number of ether oxygens (including phenoxy) is 1. The summed E-state index contributed by atoms with van der Waals surface area (Å²) in [6, 6.07) is 27.5. The summed E-state index contributed by atoms with van der Waals surface area (Å²) >= 11 is 0. The highest BCUT2D eigenvalue weighted by atomic mass is 19.1. The fourth-order valence-corrected chi connectivity index (χ4v) is 3.24. The van der Waals surface area contributed by atoms with E-state index in [4.69, 9.17) is 4.74 Å². The first kappa shape index (κ1) is 20.3. The molecule has 4 aromatic carbocycles. The minimum absolute atomic E-state index is 0.174. The highest BCUT2D eigenvalue weighted by Crippen LogP contribution is 2.19. The lowest BCUT2D eigenvalue weighted by molar-refractivity contribution is -0.120. The molecule has 1 N–H and O–H groups in total. The van der Waals surface area contributed by atoms with Crippen molar-refractivity contribution in [1.29, 1.82) is 0 Å². The highest BCUT2D eigenvalue weighted by molar-refractivity contribution is 5.90. The molecule has 4 rings (SSSR count). The normalized spacial score (nSPS) is 11.0. The van der Waals surface area contributed by atoms with Gasteiger partial charge in [-0.3, -0.25) is 4.79 Å². The smallest absolute Gasteiger partial charge is 0.244 e. The molecule has 0 radical (unpaired) electrons. The first-order valence-electron chi connectivity index (χ1n) is 9.93. The van der Waals surface area contributed by atoms with Gasteiger partial charge in [-0.15, -0.1) is 0 Å². The zero-order valence-corrected chi connectivity index (χ0v) is 16.8. The second kappa shape index (κ2) is 9.67. The Morgan fingerprint density at radius 2 is 1.65 bits per heavy atom. The van der Waals surface area contributed by atoms with Crippen LogP contribution in [0.1, 0.15) is 16.7 Å². The topological polar surface area (TPSA) is 50.7 Å². The summed E-state index contributed by atoms with van der Waals surface area (Å²) in [6.45, 7) is 0.359. The van der Waals surface area contributed by atoms with Gasteiger partial charge in [0.05, 0.1) is 12.6 Å². The Hall–Kier alpha value is -3.99. The van der Waals surface area contributed by atoms with Crippen LogP contribution in [0.2, 0.25) is 0 Å². The number of nitrogens with one attached hydrogen (secondary N) is 1. The first-order chi connectivity index (χ1) is 15.2. The Kier molecular flexibility index (Phi) is 6.33. The maximum Gasteiger partial charge on any atom is 0.244 e. The Balaban J connectivity index is 1.29. The van der Waals surface area contributed by atoms with E-state index in [0.29, 0.717) is 12.4 Å². The van der Waals surface area contributed by atoms with Gasteiger partial charge in [-0.25, -0.2) is 9.82 Å². The van der Waals surface area contributed by atoms with Crippen molar-refractivity contribution in [3.05, 3.63) is 114 Å². The Morgan fingerprint density at radius 1 is 0.903 bits per heavy atom. The van der Waals surface area contributed by atoms with E-state index >= 15 is 0 Å². The molecule has 0 heterocycles. The molecule has 0 bridgehead atoms. The van der Waals surface area contributed by atoms with E-state index in [1.54, 1.807) is 18.3 Å². The van der Waals surface area contributed by atoms with Gasteiger partial charge in [-0.2, -0.15) is 5.10 Å². The van der Waals surface area contributed by atoms with E-state index in [9.17, 15) is 9.18 Å². The summed E-state index contributed by atoms with van der Waals surface area (Å²) < 4.78 is 18.6. The van der Waals surface area contributed by atoms with E-state index < -0.39 is 0 Å². The largest absolute Gasteiger partial charge is 0.489 e. The molecule has 1 amide bonds. The molecule has 0 aliphatic carbocycles. The Bertz CT molecular complexity index is 1200. The Morgan fingerprint density at radius 3 is 2.45 bits per heavy atom. The second-order valence-corrected chi connectivity index (χ2v) is 7.09. The molecule has 31 heavy (non-hydrogen) atoms. The lowest BCUT2D eigenvalue weighted by atomic mass is 10.0. The third-order valence-corrected chi connectivity index (χ3v) is 4.83. The molecule has 0 saturated heterocycles. The van der Waals surface area contributed by atoms with Crippen molar-refractivity contribution in [3.8, 4) is 5.75 Å². The quantitative estimate of drug-likeness (QED) is 0.333. The van der Waals surface area contributed by atoms with E-state index in [2.05, 4.69) is 10.5 Å². The van der Waals surface area contributed by atoms with Crippen LogP contribution in [-0.4, -0.2) is 12.1 Å². The lowest BCUT2D eigenvalue weighted by Gasteiger charge is -2.07. The Labute approximate surface area is 180 Å². The highest BCUT2D eigenvalue weighted by Gasteiger charge is 2.06. The van der Waals surface area contributed by atoms with E-state index in [1.165, 1.54) is 12.1 Å². The van der Waals surface area contributed by atoms with Gasteiger partial charge in [-0.05, 0) is 63.9 Å². The van der Waals surface area contributed by atoms with Crippen LogP contribution in [0.15, 0.2) is 96.1 Å². The summed E-state index contributed by atoms with van der Waals surface area (Å²) in [5.74, 6) is 0.255. The molecular formula is C26H21FN2O2. The minimum atomic E-state index is -0.267. The van der Waals surface area contributed by atoms with E-state index in [0.717, 1.165) is 27.5 Å². The van der Waals surface area contributed by atoms with Crippen molar-refractivity contribution in [2.45, 2.75) is 13.0 Å². The molecule has 0 aliphatic rings. The minimum Gasteiger partial charge on any atom is -0.489 e. The standard InChI is InChI=1S/C26H21FN2O2/c27-23-12-8-20(9-13-23)18-31-24-14-10-19(11-15-24)17-28-29-26(30)16-22-6-3-5-21-4-1-2-7-25(21)22/h1-15,17H,16,18H2,(H,29,30)/b28-17+. The van der Waals surface area contributed by atoms with Crippen LogP contribution >= 0.6 is 0 Å². The zero-order valence-electron chi connectivity index (χ0n) is 16.8. The van der Waals surface area contributed by atoms with Gasteiger partial charge in [0.25, 0.3) is 0 Å². The number of nitrogens with zero attached hydrogens (tertiary/aromatic N) is 1.